The lowest BCUT2D eigenvalue weighted by Gasteiger charge is -2.09. The van der Waals surface area contributed by atoms with Gasteiger partial charge in [0.1, 0.15) is 0 Å². The number of rotatable bonds is 4. The van der Waals surface area contributed by atoms with Crippen LogP contribution < -0.4 is 0 Å². The van der Waals surface area contributed by atoms with Crippen molar-refractivity contribution in [3.63, 3.8) is 0 Å². The number of ether oxygens (including phenoxy) is 1. The number of hydrogen-bond donors (Lipinski definition) is 2. The molecule has 0 aromatic heterocycles. The molecule has 0 saturated carbocycles. The van der Waals surface area contributed by atoms with E-state index >= 15 is 0 Å². The van der Waals surface area contributed by atoms with Crippen LogP contribution in [0.25, 0.3) is 0 Å². The SMILES string of the molecule is CCC[C@@H]1OCC(CO)=C1C(=O)O. The molecule has 74 valence electrons. The summed E-state index contributed by atoms with van der Waals surface area (Å²) < 4.78 is 5.26. The topological polar surface area (TPSA) is 66.8 Å². The molecule has 13 heavy (non-hydrogen) atoms. The lowest BCUT2D eigenvalue weighted by molar-refractivity contribution is -0.133. The first kappa shape index (κ1) is 10.2. The molecule has 1 aliphatic rings. The number of aliphatic carboxylic acids is 1. The third-order valence-corrected chi connectivity index (χ3v) is 2.13. The minimum absolute atomic E-state index is 0.220. The van der Waals surface area contributed by atoms with Gasteiger partial charge in [0.2, 0.25) is 0 Å². The summed E-state index contributed by atoms with van der Waals surface area (Å²) in [4.78, 5) is 10.8. The molecule has 0 fully saturated rings. The van der Waals surface area contributed by atoms with Crippen molar-refractivity contribution in [2.24, 2.45) is 0 Å². The molecule has 0 saturated heterocycles. The largest absolute Gasteiger partial charge is 0.478 e. The maximum atomic E-state index is 10.8. The fraction of sp³-hybridized carbons (Fsp3) is 0.667. The second-order valence-electron chi connectivity index (χ2n) is 3.07. The number of carboxylic acid groups (broad SMARTS) is 1. The molecule has 0 aliphatic carbocycles. The molecule has 4 nitrogen and oxygen atoms in total. The molecule has 0 radical (unpaired) electrons. The maximum absolute atomic E-state index is 10.8. The van der Waals surface area contributed by atoms with E-state index < -0.39 is 5.97 Å². The van der Waals surface area contributed by atoms with Gasteiger partial charge < -0.3 is 14.9 Å². The molecule has 1 aliphatic heterocycles. The Morgan fingerprint density at radius 2 is 2.38 bits per heavy atom. The lowest BCUT2D eigenvalue weighted by atomic mass is 10.0. The normalized spacial score (nSPS) is 22.5. The van der Waals surface area contributed by atoms with Crippen LogP contribution in [0.5, 0.6) is 0 Å². The second-order valence-corrected chi connectivity index (χ2v) is 3.07. The zero-order chi connectivity index (χ0) is 9.84. The smallest absolute Gasteiger partial charge is 0.334 e. The average molecular weight is 186 g/mol. The Morgan fingerprint density at radius 3 is 2.85 bits per heavy atom. The zero-order valence-corrected chi connectivity index (χ0v) is 7.62. The third kappa shape index (κ3) is 2.08. The van der Waals surface area contributed by atoms with Gasteiger partial charge in [-0.25, -0.2) is 4.79 Å². The van der Waals surface area contributed by atoms with Gasteiger partial charge >= 0.3 is 5.97 Å². The van der Waals surface area contributed by atoms with Crippen LogP contribution in [0.2, 0.25) is 0 Å². The third-order valence-electron chi connectivity index (χ3n) is 2.13. The molecule has 0 spiro atoms. The fourth-order valence-electron chi connectivity index (χ4n) is 1.50. The van der Waals surface area contributed by atoms with Crippen molar-refractivity contribution in [1.82, 2.24) is 0 Å². The van der Waals surface area contributed by atoms with Crippen molar-refractivity contribution in [2.75, 3.05) is 13.2 Å². The first-order valence-electron chi connectivity index (χ1n) is 4.38. The highest BCUT2D eigenvalue weighted by Crippen LogP contribution is 2.24. The second kappa shape index (κ2) is 4.39. The first-order chi connectivity index (χ1) is 6.20. The molecule has 1 atom stereocenters. The van der Waals surface area contributed by atoms with Gasteiger partial charge in [-0.1, -0.05) is 13.3 Å². The molecule has 1 heterocycles. The molecule has 0 aromatic carbocycles. The van der Waals surface area contributed by atoms with Gasteiger partial charge in [-0.05, 0) is 12.0 Å². The van der Waals surface area contributed by atoms with Gasteiger partial charge in [-0.2, -0.15) is 0 Å². The standard InChI is InChI=1S/C9H14O4/c1-2-3-7-8(9(11)12)6(4-10)5-13-7/h7,10H,2-5H2,1H3,(H,11,12)/t7-/m0/s1. The van der Waals surface area contributed by atoms with Crippen molar-refractivity contribution < 1.29 is 19.7 Å². The lowest BCUT2D eigenvalue weighted by Crippen LogP contribution is -2.16. The van der Waals surface area contributed by atoms with E-state index in [2.05, 4.69) is 0 Å². The molecule has 0 unspecified atom stereocenters. The van der Waals surface area contributed by atoms with Gasteiger partial charge in [-0.15, -0.1) is 0 Å². The molecule has 4 heteroatoms. The summed E-state index contributed by atoms with van der Waals surface area (Å²) in [5, 5.41) is 17.7. The summed E-state index contributed by atoms with van der Waals surface area (Å²) in [6.07, 6.45) is 1.25. The first-order valence-corrected chi connectivity index (χ1v) is 4.38. The number of carbonyl (C=O) groups is 1. The molecule has 2 N–H and O–H groups in total. The van der Waals surface area contributed by atoms with Crippen molar-refractivity contribution in [2.45, 2.75) is 25.9 Å². The van der Waals surface area contributed by atoms with Crippen molar-refractivity contribution >= 4 is 5.97 Å². The van der Waals surface area contributed by atoms with Gasteiger partial charge in [0.15, 0.2) is 0 Å². The summed E-state index contributed by atoms with van der Waals surface area (Å²) in [5.41, 5.74) is 0.760. The summed E-state index contributed by atoms with van der Waals surface area (Å²) >= 11 is 0. The maximum Gasteiger partial charge on any atom is 0.334 e. The van der Waals surface area contributed by atoms with Gasteiger partial charge in [-0.3, -0.25) is 0 Å². The van der Waals surface area contributed by atoms with Crippen LogP contribution in [-0.2, 0) is 9.53 Å². The van der Waals surface area contributed by atoms with Gasteiger partial charge in [0.05, 0.1) is 24.9 Å². The quantitative estimate of drug-likeness (QED) is 0.673. The number of carboxylic acids is 1. The molecular weight excluding hydrogens is 172 g/mol. The fourth-order valence-corrected chi connectivity index (χ4v) is 1.50. The van der Waals surface area contributed by atoms with Gasteiger partial charge in [0, 0.05) is 0 Å². The van der Waals surface area contributed by atoms with E-state index in [0.29, 0.717) is 12.0 Å². The van der Waals surface area contributed by atoms with Crippen LogP contribution >= 0.6 is 0 Å². The molecule has 0 aromatic rings. The summed E-state index contributed by atoms with van der Waals surface area (Å²) in [6.45, 7) is 2.00. The Kier molecular flexibility index (Phi) is 3.45. The highest BCUT2D eigenvalue weighted by molar-refractivity contribution is 5.89. The summed E-state index contributed by atoms with van der Waals surface area (Å²) in [7, 11) is 0. The predicted molar refractivity (Wildman–Crippen MR) is 46.4 cm³/mol. The van der Waals surface area contributed by atoms with E-state index in [1.807, 2.05) is 6.92 Å². The molecular formula is C9H14O4. The minimum atomic E-state index is -0.972. The number of hydrogen-bond acceptors (Lipinski definition) is 3. The van der Waals surface area contributed by atoms with Crippen molar-refractivity contribution in [3.05, 3.63) is 11.1 Å². The van der Waals surface area contributed by atoms with Crippen LogP contribution in [-0.4, -0.2) is 35.5 Å². The minimum Gasteiger partial charge on any atom is -0.478 e. The van der Waals surface area contributed by atoms with Crippen molar-refractivity contribution in [1.29, 1.82) is 0 Å². The Bertz CT molecular complexity index is 232. The highest BCUT2D eigenvalue weighted by atomic mass is 16.5. The molecule has 0 amide bonds. The monoisotopic (exact) mass is 186 g/mol. The number of aliphatic hydroxyl groups excluding tert-OH is 1. The zero-order valence-electron chi connectivity index (χ0n) is 7.62. The Labute approximate surface area is 76.8 Å². The molecule has 0 bridgehead atoms. The van der Waals surface area contributed by atoms with Crippen LogP contribution in [0, 0.1) is 0 Å². The van der Waals surface area contributed by atoms with Crippen LogP contribution in [0.4, 0.5) is 0 Å². The Balaban J connectivity index is 2.80. The van der Waals surface area contributed by atoms with E-state index in [9.17, 15) is 4.79 Å². The van der Waals surface area contributed by atoms with Crippen LogP contribution in [0.3, 0.4) is 0 Å². The predicted octanol–water partition coefficient (Wildman–Crippen LogP) is 0.559. The molecule has 1 rings (SSSR count). The van der Waals surface area contributed by atoms with Gasteiger partial charge in [0.25, 0.3) is 0 Å². The average Bonchev–Trinajstić information content (AvgIpc) is 2.48. The van der Waals surface area contributed by atoms with Crippen LogP contribution in [0.15, 0.2) is 11.1 Å². The number of aliphatic hydroxyl groups is 1. The summed E-state index contributed by atoms with van der Waals surface area (Å²) in [6, 6.07) is 0. The van der Waals surface area contributed by atoms with E-state index in [1.165, 1.54) is 0 Å². The van der Waals surface area contributed by atoms with E-state index in [0.717, 1.165) is 6.42 Å². The van der Waals surface area contributed by atoms with E-state index in [4.69, 9.17) is 14.9 Å². The van der Waals surface area contributed by atoms with Crippen LogP contribution in [0.1, 0.15) is 19.8 Å². The Hall–Kier alpha value is -0.870. The van der Waals surface area contributed by atoms with E-state index in [1.54, 1.807) is 0 Å². The highest BCUT2D eigenvalue weighted by Gasteiger charge is 2.29. The Morgan fingerprint density at radius 1 is 1.69 bits per heavy atom. The summed E-state index contributed by atoms with van der Waals surface area (Å²) in [5.74, 6) is -0.972. The van der Waals surface area contributed by atoms with Crippen molar-refractivity contribution in [3.8, 4) is 0 Å². The van der Waals surface area contributed by atoms with E-state index in [-0.39, 0.29) is 24.9 Å².